The molecule has 0 aromatic carbocycles. The average Bonchev–Trinajstić information content (AvgIpc) is 3.07. The van der Waals surface area contributed by atoms with Crippen LogP contribution >= 0.6 is 15.6 Å². The molecule has 0 spiro atoms. The number of phosphoric acid groups is 2. The van der Waals surface area contributed by atoms with E-state index in [9.17, 15) is 14.2 Å². The Labute approximate surface area is 150 Å². The number of hydrogen-bond acceptors (Lipinski definition) is 10. The summed E-state index contributed by atoms with van der Waals surface area (Å²) in [5, 5.41) is 10.3. The molecule has 0 unspecified atom stereocenters. The number of imidazole rings is 1. The molecule has 2 aromatic rings. The maximum absolute atomic E-state index is 11.3. The number of nitrogen functional groups attached to an aromatic ring is 1. The highest BCUT2D eigenvalue weighted by Gasteiger charge is 2.49. The van der Waals surface area contributed by atoms with E-state index in [1.54, 1.807) is 0 Å². The predicted molar refractivity (Wildman–Crippen MR) is 84.6 cm³/mol. The lowest BCUT2D eigenvalue weighted by atomic mass is 10.1. The second-order valence-corrected chi connectivity index (χ2v) is 7.92. The van der Waals surface area contributed by atoms with Crippen molar-refractivity contribution in [3.63, 3.8) is 0 Å². The molecule has 0 aliphatic carbocycles. The third-order valence-corrected chi connectivity index (χ3v) is 4.64. The summed E-state index contributed by atoms with van der Waals surface area (Å²) < 4.78 is 37.7. The molecule has 4 atom stereocenters. The molecule has 150 valence electrons. The van der Waals surface area contributed by atoms with E-state index in [1.807, 2.05) is 0 Å². The van der Waals surface area contributed by atoms with Gasteiger partial charge in [0, 0.05) is 0 Å². The summed E-state index contributed by atoms with van der Waals surface area (Å²) in [4.78, 5) is 47.5. The highest BCUT2D eigenvalue weighted by molar-refractivity contribution is 7.46. The number of ether oxygens (including phenoxy) is 1. The molecule has 3 heterocycles. The smallest absolute Gasteiger partial charge is 0.387 e. The lowest BCUT2D eigenvalue weighted by molar-refractivity contribution is -0.0498. The normalized spacial score (nSPS) is 26.7. The fourth-order valence-electron chi connectivity index (χ4n) is 2.58. The number of nitrogens with zero attached hydrogens (tertiary/aromatic N) is 4. The first-order valence-corrected chi connectivity index (χ1v) is 10.2. The van der Waals surface area contributed by atoms with Gasteiger partial charge in [0.1, 0.15) is 30.2 Å². The van der Waals surface area contributed by atoms with Crippen molar-refractivity contribution in [1.29, 1.82) is 0 Å². The van der Waals surface area contributed by atoms with Gasteiger partial charge in [-0.15, -0.1) is 0 Å². The van der Waals surface area contributed by atoms with Crippen LogP contribution in [0.1, 0.15) is 6.23 Å². The van der Waals surface area contributed by atoms with E-state index in [-0.39, 0.29) is 17.0 Å². The predicted octanol–water partition coefficient (Wildman–Crippen LogP) is -1.75. The molecule has 0 bridgehead atoms. The SMILES string of the molecule is Nc1ncnc2c1ncn2[C@@H]1O[C@H](COP(=O)(O)O)[C@H](O)[C@@H]1OP(=O)(O)O. The standard InChI is InChI=1S/C10H15N5O10P2/c11-8-5-9(13-2-12-8)15(3-14-5)10-7(25-27(20,21)22)6(16)4(24-10)1-23-26(17,18)19/h2-4,6-7,10,16H,1H2,(H2,11,12,13)(H2,17,18,19)(H2,20,21,22)/t4-,6+,7+,10-/m1/s1. The number of rotatable bonds is 6. The number of phosphoric ester groups is 2. The zero-order valence-electron chi connectivity index (χ0n) is 13.2. The van der Waals surface area contributed by atoms with Gasteiger partial charge in [-0.05, 0) is 0 Å². The molecule has 3 rings (SSSR count). The molecule has 27 heavy (non-hydrogen) atoms. The second-order valence-electron chi connectivity index (χ2n) is 5.49. The minimum Gasteiger partial charge on any atom is -0.387 e. The fraction of sp³-hybridized carbons (Fsp3) is 0.500. The summed E-state index contributed by atoms with van der Waals surface area (Å²) in [6.07, 6.45) is -3.78. The number of hydrogen-bond donors (Lipinski definition) is 6. The van der Waals surface area contributed by atoms with E-state index in [4.69, 9.17) is 30.0 Å². The van der Waals surface area contributed by atoms with Gasteiger partial charge < -0.3 is 35.2 Å². The molecule has 0 amide bonds. The molecular weight excluding hydrogens is 412 g/mol. The minimum absolute atomic E-state index is 0.0335. The molecule has 2 aromatic heterocycles. The quantitative estimate of drug-likeness (QED) is 0.281. The topological polar surface area (TPSA) is 233 Å². The van der Waals surface area contributed by atoms with Crippen LogP contribution in [0.15, 0.2) is 12.7 Å². The van der Waals surface area contributed by atoms with Crippen LogP contribution in [0.4, 0.5) is 5.82 Å². The Morgan fingerprint density at radius 2 is 1.89 bits per heavy atom. The third kappa shape index (κ3) is 4.50. The molecule has 1 fully saturated rings. The zero-order valence-corrected chi connectivity index (χ0v) is 15.0. The van der Waals surface area contributed by atoms with E-state index in [0.29, 0.717) is 0 Å². The molecule has 17 heteroatoms. The number of aliphatic hydroxyl groups excluding tert-OH is 1. The van der Waals surface area contributed by atoms with Crippen molar-refractivity contribution in [1.82, 2.24) is 19.5 Å². The van der Waals surface area contributed by atoms with Gasteiger partial charge in [0.25, 0.3) is 0 Å². The summed E-state index contributed by atoms with van der Waals surface area (Å²) in [5.41, 5.74) is 5.96. The van der Waals surface area contributed by atoms with Crippen molar-refractivity contribution in [2.75, 3.05) is 12.3 Å². The monoisotopic (exact) mass is 427 g/mol. The summed E-state index contributed by atoms with van der Waals surface area (Å²) in [5.74, 6) is 0.0335. The Kier molecular flexibility index (Phi) is 5.35. The first-order valence-electron chi connectivity index (χ1n) is 7.17. The molecule has 7 N–H and O–H groups in total. The van der Waals surface area contributed by atoms with Crippen molar-refractivity contribution in [3.05, 3.63) is 12.7 Å². The van der Waals surface area contributed by atoms with E-state index < -0.39 is 46.8 Å². The van der Waals surface area contributed by atoms with Crippen molar-refractivity contribution >= 4 is 32.6 Å². The summed E-state index contributed by atoms with van der Waals surface area (Å²) in [6.45, 7) is -0.771. The number of aliphatic hydroxyl groups is 1. The molecule has 1 aliphatic rings. The zero-order chi connectivity index (χ0) is 20.0. The highest BCUT2D eigenvalue weighted by Crippen LogP contribution is 2.46. The Hall–Kier alpha value is -1.51. The van der Waals surface area contributed by atoms with Crippen LogP contribution in [0, 0.1) is 0 Å². The lowest BCUT2D eigenvalue weighted by Gasteiger charge is -2.22. The maximum atomic E-state index is 11.3. The number of fused-ring (bicyclic) bond motifs is 1. The molecule has 15 nitrogen and oxygen atoms in total. The van der Waals surface area contributed by atoms with Crippen molar-refractivity contribution in [2.45, 2.75) is 24.5 Å². The first kappa shape index (κ1) is 20.2. The minimum atomic E-state index is -5.06. The van der Waals surface area contributed by atoms with E-state index in [0.717, 1.165) is 6.33 Å². The maximum Gasteiger partial charge on any atom is 0.470 e. The molecule has 1 aliphatic heterocycles. The number of anilines is 1. The fourth-order valence-corrected chi connectivity index (χ4v) is 3.47. The van der Waals surface area contributed by atoms with E-state index >= 15 is 0 Å². The van der Waals surface area contributed by atoms with Crippen LogP contribution < -0.4 is 5.73 Å². The average molecular weight is 427 g/mol. The summed E-state index contributed by atoms with van der Waals surface area (Å²) in [7, 11) is -9.94. The molecular formula is C10H15N5O10P2. The van der Waals surface area contributed by atoms with Gasteiger partial charge in [0.2, 0.25) is 0 Å². The van der Waals surface area contributed by atoms with Crippen molar-refractivity contribution in [2.24, 2.45) is 0 Å². The van der Waals surface area contributed by atoms with Gasteiger partial charge >= 0.3 is 15.6 Å². The van der Waals surface area contributed by atoms with Crippen LogP contribution in [0.3, 0.4) is 0 Å². The second kappa shape index (κ2) is 7.14. The Bertz CT molecular complexity index is 926. The van der Waals surface area contributed by atoms with E-state index in [2.05, 4.69) is 24.0 Å². The van der Waals surface area contributed by atoms with Crippen molar-refractivity contribution in [3.8, 4) is 0 Å². The highest BCUT2D eigenvalue weighted by atomic mass is 31.2. The van der Waals surface area contributed by atoms with Crippen LogP contribution in [-0.4, -0.2) is 69.1 Å². The Balaban J connectivity index is 1.95. The van der Waals surface area contributed by atoms with Gasteiger partial charge in [0.05, 0.1) is 12.9 Å². The van der Waals surface area contributed by atoms with Crippen molar-refractivity contribution < 1.29 is 47.6 Å². The van der Waals surface area contributed by atoms with Gasteiger partial charge in [-0.25, -0.2) is 24.1 Å². The lowest BCUT2D eigenvalue weighted by Crippen LogP contribution is -2.35. The van der Waals surface area contributed by atoms with E-state index in [1.165, 1.54) is 10.9 Å². The van der Waals surface area contributed by atoms with Gasteiger partial charge in [0.15, 0.2) is 17.7 Å². The summed E-state index contributed by atoms with van der Waals surface area (Å²) >= 11 is 0. The third-order valence-electron chi connectivity index (χ3n) is 3.64. The molecule has 0 saturated carbocycles. The van der Waals surface area contributed by atoms with Crippen LogP contribution in [0.5, 0.6) is 0 Å². The number of nitrogens with two attached hydrogens (primary N) is 1. The van der Waals surface area contributed by atoms with Gasteiger partial charge in [-0.1, -0.05) is 0 Å². The molecule has 0 radical (unpaired) electrons. The van der Waals surface area contributed by atoms with Gasteiger partial charge in [-0.2, -0.15) is 0 Å². The largest absolute Gasteiger partial charge is 0.470 e. The van der Waals surface area contributed by atoms with Crippen LogP contribution in [0.25, 0.3) is 11.2 Å². The Morgan fingerprint density at radius 1 is 1.19 bits per heavy atom. The first-order chi connectivity index (χ1) is 12.5. The summed E-state index contributed by atoms with van der Waals surface area (Å²) in [6, 6.07) is 0. The van der Waals surface area contributed by atoms with Crippen LogP contribution in [0.2, 0.25) is 0 Å². The number of aromatic nitrogens is 4. The molecule has 1 saturated heterocycles. The van der Waals surface area contributed by atoms with Crippen LogP contribution in [-0.2, 0) is 22.9 Å². The van der Waals surface area contributed by atoms with Gasteiger partial charge in [-0.3, -0.25) is 13.6 Å². The Morgan fingerprint density at radius 3 is 2.52 bits per heavy atom.